The van der Waals surface area contributed by atoms with Gasteiger partial charge < -0.3 is 5.73 Å². The van der Waals surface area contributed by atoms with Gasteiger partial charge in [0, 0.05) is 23.5 Å². The van der Waals surface area contributed by atoms with Gasteiger partial charge in [-0.3, -0.25) is 9.38 Å². The second kappa shape index (κ2) is 5.31. The molecular formula is C17H14FN5. The van der Waals surface area contributed by atoms with E-state index in [1.54, 1.807) is 22.7 Å². The maximum Gasteiger partial charge on any atom is 0.206 e. The van der Waals surface area contributed by atoms with Gasteiger partial charge in [-0.2, -0.15) is 0 Å². The quantitative estimate of drug-likeness (QED) is 0.632. The lowest BCUT2D eigenvalue weighted by molar-refractivity contribution is 0.636. The van der Waals surface area contributed by atoms with Gasteiger partial charge in [-0.05, 0) is 37.1 Å². The van der Waals surface area contributed by atoms with E-state index in [-0.39, 0.29) is 11.5 Å². The molecule has 0 radical (unpaired) electrons. The third-order valence-electron chi connectivity index (χ3n) is 3.82. The molecule has 1 aromatic carbocycles. The molecule has 2 N–H and O–H groups in total. The first-order valence-corrected chi connectivity index (χ1v) is 7.34. The molecule has 3 aromatic heterocycles. The Bertz CT molecular complexity index is 994. The van der Waals surface area contributed by atoms with Crippen molar-refractivity contribution >= 4 is 22.5 Å². The average Bonchev–Trinajstić information content (AvgIpc) is 3.00. The van der Waals surface area contributed by atoms with Crippen LogP contribution in [0.15, 0.2) is 48.8 Å². The molecule has 0 fully saturated rings. The predicted molar refractivity (Wildman–Crippen MR) is 86.5 cm³/mol. The molecule has 0 aliphatic carbocycles. The number of aromatic nitrogens is 4. The van der Waals surface area contributed by atoms with Crippen molar-refractivity contribution in [3.8, 4) is 0 Å². The van der Waals surface area contributed by atoms with Gasteiger partial charge in [0.15, 0.2) is 0 Å². The van der Waals surface area contributed by atoms with Gasteiger partial charge in [0.25, 0.3) is 0 Å². The summed E-state index contributed by atoms with van der Waals surface area (Å²) in [5, 5.41) is 0.656. The van der Waals surface area contributed by atoms with Crippen LogP contribution in [0.3, 0.4) is 0 Å². The van der Waals surface area contributed by atoms with E-state index in [4.69, 9.17) is 5.73 Å². The van der Waals surface area contributed by atoms with E-state index < -0.39 is 5.82 Å². The Balaban J connectivity index is 1.77. The second-order valence-corrected chi connectivity index (χ2v) is 5.35. The lowest BCUT2D eigenvalue weighted by atomic mass is 10.2. The zero-order valence-corrected chi connectivity index (χ0v) is 12.3. The molecule has 0 aliphatic heterocycles. The van der Waals surface area contributed by atoms with Gasteiger partial charge >= 0.3 is 0 Å². The summed E-state index contributed by atoms with van der Waals surface area (Å²) >= 11 is 0. The van der Waals surface area contributed by atoms with E-state index in [1.165, 1.54) is 6.07 Å². The fourth-order valence-electron chi connectivity index (χ4n) is 2.69. The lowest BCUT2D eigenvalue weighted by Crippen LogP contribution is -2.01. The van der Waals surface area contributed by atoms with Crippen molar-refractivity contribution in [3.05, 3.63) is 66.0 Å². The molecule has 114 valence electrons. The minimum Gasteiger partial charge on any atom is -0.369 e. The molecule has 0 spiro atoms. The number of hydrogen-bond donors (Lipinski definition) is 1. The summed E-state index contributed by atoms with van der Waals surface area (Å²) in [4.78, 5) is 13.1. The SMILES string of the molecule is Nc1nc2c(F)cccc2c2nc(CCc3ccccn3)cn12. The first kappa shape index (κ1) is 13.6. The summed E-state index contributed by atoms with van der Waals surface area (Å²) in [5.41, 5.74) is 8.70. The molecule has 0 unspecified atom stereocenters. The Morgan fingerprint density at radius 3 is 2.70 bits per heavy atom. The maximum absolute atomic E-state index is 13.9. The zero-order chi connectivity index (χ0) is 15.8. The largest absolute Gasteiger partial charge is 0.369 e. The summed E-state index contributed by atoms with van der Waals surface area (Å²) in [5.74, 6) is -0.163. The van der Waals surface area contributed by atoms with Crippen LogP contribution in [-0.2, 0) is 12.8 Å². The van der Waals surface area contributed by atoms with Gasteiger partial charge in [0.05, 0.1) is 5.69 Å². The Morgan fingerprint density at radius 1 is 1.00 bits per heavy atom. The lowest BCUT2D eigenvalue weighted by Gasteiger charge is -2.03. The van der Waals surface area contributed by atoms with Gasteiger partial charge in [0.1, 0.15) is 17.0 Å². The van der Waals surface area contributed by atoms with E-state index in [2.05, 4.69) is 15.0 Å². The fraction of sp³-hybridized carbons (Fsp3) is 0.118. The van der Waals surface area contributed by atoms with Crippen LogP contribution in [0, 0.1) is 5.82 Å². The smallest absolute Gasteiger partial charge is 0.206 e. The number of para-hydroxylation sites is 1. The number of nitrogen functional groups attached to an aromatic ring is 1. The highest BCUT2D eigenvalue weighted by molar-refractivity contribution is 5.92. The van der Waals surface area contributed by atoms with E-state index in [9.17, 15) is 4.39 Å². The van der Waals surface area contributed by atoms with Gasteiger partial charge in [-0.25, -0.2) is 14.4 Å². The van der Waals surface area contributed by atoms with Crippen molar-refractivity contribution in [2.45, 2.75) is 12.8 Å². The zero-order valence-electron chi connectivity index (χ0n) is 12.3. The van der Waals surface area contributed by atoms with Crippen LogP contribution in [0.2, 0.25) is 0 Å². The number of halogens is 1. The summed E-state index contributed by atoms with van der Waals surface area (Å²) < 4.78 is 15.6. The number of aryl methyl sites for hydroxylation is 2. The molecule has 0 bridgehead atoms. The van der Waals surface area contributed by atoms with Crippen LogP contribution in [0.25, 0.3) is 16.6 Å². The molecule has 0 atom stereocenters. The summed E-state index contributed by atoms with van der Waals surface area (Å²) in [6, 6.07) is 10.7. The molecule has 5 nitrogen and oxygen atoms in total. The van der Waals surface area contributed by atoms with Crippen molar-refractivity contribution in [2.24, 2.45) is 0 Å². The van der Waals surface area contributed by atoms with Crippen molar-refractivity contribution in [2.75, 3.05) is 5.73 Å². The van der Waals surface area contributed by atoms with Crippen LogP contribution in [0.5, 0.6) is 0 Å². The molecule has 23 heavy (non-hydrogen) atoms. The van der Waals surface area contributed by atoms with Crippen molar-refractivity contribution in [1.29, 1.82) is 0 Å². The molecule has 6 heteroatoms. The Hall–Kier alpha value is -3.02. The normalized spacial score (nSPS) is 11.3. The van der Waals surface area contributed by atoms with Gasteiger partial charge in [-0.15, -0.1) is 0 Å². The maximum atomic E-state index is 13.9. The minimum atomic E-state index is -0.394. The molecular weight excluding hydrogens is 293 g/mol. The number of imidazole rings is 1. The van der Waals surface area contributed by atoms with Crippen LogP contribution in [0.4, 0.5) is 10.3 Å². The topological polar surface area (TPSA) is 69.1 Å². The number of benzene rings is 1. The first-order chi connectivity index (χ1) is 11.2. The van der Waals surface area contributed by atoms with Crippen molar-refractivity contribution in [3.63, 3.8) is 0 Å². The third kappa shape index (κ3) is 2.38. The average molecular weight is 307 g/mol. The van der Waals surface area contributed by atoms with Crippen LogP contribution in [0.1, 0.15) is 11.4 Å². The minimum absolute atomic E-state index is 0.231. The fourth-order valence-corrected chi connectivity index (χ4v) is 2.69. The molecule has 0 saturated carbocycles. The van der Waals surface area contributed by atoms with Crippen LogP contribution >= 0.6 is 0 Å². The first-order valence-electron chi connectivity index (χ1n) is 7.34. The third-order valence-corrected chi connectivity index (χ3v) is 3.82. The predicted octanol–water partition coefficient (Wildman–Crippen LogP) is 2.78. The number of hydrogen-bond acceptors (Lipinski definition) is 4. The summed E-state index contributed by atoms with van der Waals surface area (Å²) in [6.07, 6.45) is 5.14. The number of pyridine rings is 1. The molecule has 0 amide bonds. The van der Waals surface area contributed by atoms with Crippen molar-refractivity contribution in [1.82, 2.24) is 19.4 Å². The number of fused-ring (bicyclic) bond motifs is 3. The molecule has 3 heterocycles. The van der Waals surface area contributed by atoms with Gasteiger partial charge in [-0.1, -0.05) is 12.1 Å². The molecule has 0 saturated heterocycles. The highest BCUT2D eigenvalue weighted by Gasteiger charge is 2.12. The number of nitrogens with zero attached hydrogens (tertiary/aromatic N) is 4. The number of anilines is 1. The Morgan fingerprint density at radius 2 is 1.87 bits per heavy atom. The van der Waals surface area contributed by atoms with E-state index in [1.807, 2.05) is 24.4 Å². The van der Waals surface area contributed by atoms with E-state index in [0.717, 1.165) is 24.2 Å². The van der Waals surface area contributed by atoms with Crippen LogP contribution < -0.4 is 5.73 Å². The second-order valence-electron chi connectivity index (χ2n) is 5.35. The van der Waals surface area contributed by atoms with Crippen molar-refractivity contribution < 1.29 is 4.39 Å². The monoisotopic (exact) mass is 307 g/mol. The molecule has 4 aromatic rings. The highest BCUT2D eigenvalue weighted by Crippen LogP contribution is 2.23. The van der Waals surface area contributed by atoms with E-state index >= 15 is 0 Å². The van der Waals surface area contributed by atoms with Crippen LogP contribution in [-0.4, -0.2) is 19.4 Å². The van der Waals surface area contributed by atoms with E-state index in [0.29, 0.717) is 11.0 Å². The summed E-state index contributed by atoms with van der Waals surface area (Å²) in [6.45, 7) is 0. The number of nitrogens with two attached hydrogens (primary N) is 1. The highest BCUT2D eigenvalue weighted by atomic mass is 19.1. The Kier molecular flexibility index (Phi) is 3.15. The molecule has 4 rings (SSSR count). The summed E-state index contributed by atoms with van der Waals surface area (Å²) in [7, 11) is 0. The Labute approximate surface area is 131 Å². The number of rotatable bonds is 3. The molecule has 0 aliphatic rings. The standard InChI is InChI=1S/C17H14FN5/c18-14-6-3-5-13-15(14)22-17(19)23-10-12(21-16(13)23)8-7-11-4-1-2-9-20-11/h1-6,9-10H,7-8H2,(H2,19,22). The van der Waals surface area contributed by atoms with Gasteiger partial charge in [0.2, 0.25) is 5.95 Å².